The molecule has 0 saturated heterocycles. The van der Waals surface area contributed by atoms with Gasteiger partial charge < -0.3 is 33.8 Å². The molecule has 0 radical (unpaired) electrons. The molecule has 90 heavy (non-hydrogen) atoms. The quantitative estimate of drug-likeness (QED) is 0.0222. The lowest BCUT2D eigenvalue weighted by Gasteiger charge is -2.21. The van der Waals surface area contributed by atoms with E-state index in [4.69, 9.17) is 37.0 Å². The number of rotatable bonds is 72. The lowest BCUT2D eigenvalue weighted by atomic mass is 10.0. The molecule has 17 nitrogen and oxygen atoms in total. The van der Waals surface area contributed by atoms with Gasteiger partial charge in [-0.25, -0.2) is 9.13 Å². The zero-order valence-corrected chi connectivity index (χ0v) is 59.9. The molecule has 0 aliphatic heterocycles. The fourth-order valence-corrected chi connectivity index (χ4v) is 12.4. The number of aliphatic hydroxyl groups is 1. The van der Waals surface area contributed by atoms with Crippen LogP contribution in [0.3, 0.4) is 0 Å². The fourth-order valence-electron chi connectivity index (χ4n) is 10.9. The van der Waals surface area contributed by atoms with E-state index in [9.17, 15) is 43.2 Å². The van der Waals surface area contributed by atoms with E-state index in [1.807, 2.05) is 0 Å². The Hall–Kier alpha value is -1.94. The number of aliphatic hydroxyl groups excluding tert-OH is 1. The van der Waals surface area contributed by atoms with E-state index in [1.165, 1.54) is 199 Å². The number of hydrogen-bond donors (Lipinski definition) is 3. The van der Waals surface area contributed by atoms with Gasteiger partial charge in [0.25, 0.3) is 0 Å². The van der Waals surface area contributed by atoms with E-state index in [0.717, 1.165) is 96.3 Å². The second kappa shape index (κ2) is 65.7. The fraction of sp³-hybridized carbons (Fsp3) is 0.944. The standard InChI is InChI=1S/C71H138O17P2/c1-5-9-13-17-21-25-28-31-32-33-34-35-36-39-42-46-50-54-58-71(76)88-67(62-82-69(74)56-52-48-44-40-37-29-26-22-18-14-10-6-2)64-86-90(79,80)84-60-65(72)59-83-89(77,78)85-63-66(61-81-68(73)55-51-47-43-24-20-16-12-8-4)87-70(75)57-53-49-45-41-38-30-27-23-19-15-11-7-3/h65-67,72H,5-64H2,1-4H3,(H,77,78)(H,79,80)/t65-,66+,67+/m0/s1. The Bertz CT molecular complexity index is 1720. The van der Waals surface area contributed by atoms with Crippen molar-refractivity contribution in [1.29, 1.82) is 0 Å². The molecule has 534 valence electrons. The molecule has 0 aromatic carbocycles. The van der Waals surface area contributed by atoms with E-state index < -0.39 is 97.5 Å². The summed E-state index contributed by atoms with van der Waals surface area (Å²) >= 11 is 0. The summed E-state index contributed by atoms with van der Waals surface area (Å²) in [6.45, 7) is 4.93. The van der Waals surface area contributed by atoms with E-state index >= 15 is 0 Å². The highest BCUT2D eigenvalue weighted by Gasteiger charge is 2.30. The molecule has 0 spiro atoms. The molecule has 0 saturated carbocycles. The van der Waals surface area contributed by atoms with Gasteiger partial charge in [-0.3, -0.25) is 37.3 Å². The zero-order valence-electron chi connectivity index (χ0n) is 58.1. The Morgan fingerprint density at radius 3 is 0.656 bits per heavy atom. The minimum absolute atomic E-state index is 0.108. The maximum atomic E-state index is 13.0. The Morgan fingerprint density at radius 1 is 0.267 bits per heavy atom. The van der Waals surface area contributed by atoms with Gasteiger partial charge in [0.05, 0.1) is 26.4 Å². The lowest BCUT2D eigenvalue weighted by molar-refractivity contribution is -0.161. The van der Waals surface area contributed by atoms with Crippen molar-refractivity contribution >= 4 is 39.5 Å². The summed E-state index contributed by atoms with van der Waals surface area (Å²) < 4.78 is 68.3. The second-order valence-electron chi connectivity index (χ2n) is 25.6. The summed E-state index contributed by atoms with van der Waals surface area (Å²) in [4.78, 5) is 72.5. The summed E-state index contributed by atoms with van der Waals surface area (Å²) in [5.74, 6) is -2.12. The average molecular weight is 1330 g/mol. The first-order chi connectivity index (χ1) is 43.7. The third-order valence-electron chi connectivity index (χ3n) is 16.6. The molecule has 19 heteroatoms. The molecule has 2 unspecified atom stereocenters. The number of unbranched alkanes of at least 4 members (excludes halogenated alkanes) is 46. The summed E-state index contributed by atoms with van der Waals surface area (Å²) in [7, 11) is -9.89. The molecule has 0 rings (SSSR count). The largest absolute Gasteiger partial charge is 0.472 e. The third-order valence-corrected chi connectivity index (χ3v) is 18.5. The highest BCUT2D eigenvalue weighted by molar-refractivity contribution is 7.47. The number of carbonyl (C=O) groups excluding carboxylic acids is 4. The Morgan fingerprint density at radius 2 is 0.444 bits per heavy atom. The van der Waals surface area contributed by atoms with Crippen LogP contribution < -0.4 is 0 Å². The Kier molecular flexibility index (Phi) is 64.3. The van der Waals surface area contributed by atoms with Gasteiger partial charge in [0.15, 0.2) is 12.2 Å². The highest BCUT2D eigenvalue weighted by atomic mass is 31.2. The molecule has 0 bridgehead atoms. The van der Waals surface area contributed by atoms with Crippen LogP contribution in [0.5, 0.6) is 0 Å². The maximum Gasteiger partial charge on any atom is 0.472 e. The average Bonchev–Trinajstić information content (AvgIpc) is 3.27. The topological polar surface area (TPSA) is 237 Å². The first-order valence-electron chi connectivity index (χ1n) is 37.3. The first kappa shape index (κ1) is 88.1. The normalized spacial score (nSPS) is 14.0. The van der Waals surface area contributed by atoms with Gasteiger partial charge in [0, 0.05) is 25.7 Å². The molecule has 0 aliphatic rings. The molecule has 0 aliphatic carbocycles. The maximum absolute atomic E-state index is 13.0. The van der Waals surface area contributed by atoms with Gasteiger partial charge in [0.2, 0.25) is 0 Å². The van der Waals surface area contributed by atoms with Crippen LogP contribution in [0.1, 0.15) is 374 Å². The number of phosphoric acid groups is 2. The molecule has 0 fully saturated rings. The minimum Gasteiger partial charge on any atom is -0.462 e. The van der Waals surface area contributed by atoms with E-state index in [-0.39, 0.29) is 25.7 Å². The minimum atomic E-state index is -4.95. The van der Waals surface area contributed by atoms with Gasteiger partial charge >= 0.3 is 39.5 Å². The van der Waals surface area contributed by atoms with Crippen LogP contribution in [-0.2, 0) is 65.4 Å². The van der Waals surface area contributed by atoms with Crippen LogP contribution in [-0.4, -0.2) is 96.7 Å². The number of ether oxygens (including phenoxy) is 4. The number of phosphoric ester groups is 2. The molecule has 0 aromatic rings. The predicted molar refractivity (Wildman–Crippen MR) is 363 cm³/mol. The molecule has 5 atom stereocenters. The summed E-state index contributed by atoms with van der Waals surface area (Å²) in [5.41, 5.74) is 0. The molecular formula is C71H138O17P2. The molecule has 0 aromatic heterocycles. The number of esters is 4. The van der Waals surface area contributed by atoms with Crippen molar-refractivity contribution in [2.75, 3.05) is 39.6 Å². The number of carbonyl (C=O) groups is 4. The van der Waals surface area contributed by atoms with Gasteiger partial charge in [0.1, 0.15) is 19.3 Å². The predicted octanol–water partition coefficient (Wildman–Crippen LogP) is 20.7. The van der Waals surface area contributed by atoms with E-state index in [0.29, 0.717) is 25.7 Å². The Labute approximate surface area is 549 Å². The summed E-state index contributed by atoms with van der Waals surface area (Å²) in [6, 6.07) is 0. The van der Waals surface area contributed by atoms with Crippen LogP contribution >= 0.6 is 15.6 Å². The molecular weight excluding hydrogens is 1190 g/mol. The van der Waals surface area contributed by atoms with Gasteiger partial charge in [-0.15, -0.1) is 0 Å². The SMILES string of the molecule is CCCCCCCCCCCCCCCCCCCCC(=O)O[C@H](COC(=O)CCCCCCCCCCCCCC)COP(=O)(O)OC[C@@H](O)COP(=O)(O)OC[C@@H](COC(=O)CCCCCCCCCC)OC(=O)CCCCCCCCCCCCCC. The summed E-state index contributed by atoms with van der Waals surface area (Å²) in [5, 5.41) is 10.6. The van der Waals surface area contributed by atoms with E-state index in [1.54, 1.807) is 0 Å². The van der Waals surface area contributed by atoms with Gasteiger partial charge in [-0.1, -0.05) is 323 Å². The first-order valence-corrected chi connectivity index (χ1v) is 40.3. The molecule has 0 heterocycles. The molecule has 0 amide bonds. The van der Waals surface area contributed by atoms with Crippen LogP contribution in [0.15, 0.2) is 0 Å². The van der Waals surface area contributed by atoms with Crippen molar-refractivity contribution in [1.82, 2.24) is 0 Å². The van der Waals surface area contributed by atoms with E-state index in [2.05, 4.69) is 27.7 Å². The van der Waals surface area contributed by atoms with Gasteiger partial charge in [-0.2, -0.15) is 0 Å². The second-order valence-corrected chi connectivity index (χ2v) is 28.5. The highest BCUT2D eigenvalue weighted by Crippen LogP contribution is 2.45. The third kappa shape index (κ3) is 64.8. The van der Waals surface area contributed by atoms with Crippen LogP contribution in [0.2, 0.25) is 0 Å². The van der Waals surface area contributed by atoms with Crippen LogP contribution in [0.4, 0.5) is 0 Å². The lowest BCUT2D eigenvalue weighted by Crippen LogP contribution is -2.30. The van der Waals surface area contributed by atoms with Crippen molar-refractivity contribution in [3.63, 3.8) is 0 Å². The smallest absolute Gasteiger partial charge is 0.462 e. The van der Waals surface area contributed by atoms with Crippen molar-refractivity contribution < 1.29 is 80.2 Å². The monoisotopic (exact) mass is 1320 g/mol. The Balaban J connectivity index is 5.19. The molecule has 3 N–H and O–H groups in total. The van der Waals surface area contributed by atoms with Gasteiger partial charge in [-0.05, 0) is 25.7 Å². The van der Waals surface area contributed by atoms with Crippen LogP contribution in [0, 0.1) is 0 Å². The number of hydrogen-bond acceptors (Lipinski definition) is 15. The van der Waals surface area contributed by atoms with Crippen molar-refractivity contribution in [3.8, 4) is 0 Å². The van der Waals surface area contributed by atoms with Crippen molar-refractivity contribution in [3.05, 3.63) is 0 Å². The van der Waals surface area contributed by atoms with Crippen LogP contribution in [0.25, 0.3) is 0 Å². The van der Waals surface area contributed by atoms with Crippen molar-refractivity contribution in [2.24, 2.45) is 0 Å². The zero-order chi connectivity index (χ0) is 66.1. The van der Waals surface area contributed by atoms with Crippen molar-refractivity contribution in [2.45, 2.75) is 393 Å². The summed E-state index contributed by atoms with van der Waals surface area (Å²) in [6.07, 6.45) is 54.0.